The Morgan fingerprint density at radius 2 is 1.95 bits per heavy atom. The molecule has 0 saturated heterocycles. The van der Waals surface area contributed by atoms with Gasteiger partial charge in [0.2, 0.25) is 0 Å². The number of hydrogen-bond acceptors (Lipinski definition) is 3. The van der Waals surface area contributed by atoms with Crippen LogP contribution in [0.3, 0.4) is 0 Å². The zero-order chi connectivity index (χ0) is 14.0. The van der Waals surface area contributed by atoms with Crippen LogP contribution in [0.5, 0.6) is 0 Å². The molecule has 0 bridgehead atoms. The van der Waals surface area contributed by atoms with Gasteiger partial charge in [0.25, 0.3) is 5.91 Å². The zero-order valence-corrected chi connectivity index (χ0v) is 11.7. The highest BCUT2D eigenvalue weighted by atomic mass is 32.2. The molecule has 1 aromatic heterocycles. The number of halogens is 1. The molecule has 0 aliphatic rings. The average Bonchev–Trinajstić information content (AvgIpc) is 2.82. The minimum atomic E-state index is -0.310. The lowest BCUT2D eigenvalue weighted by atomic mass is 10.3. The lowest BCUT2D eigenvalue weighted by molar-refractivity contribution is 0.0819. The van der Waals surface area contributed by atoms with E-state index in [0.717, 1.165) is 0 Å². The number of amides is 1. The molecule has 0 unspecified atom stereocenters. The van der Waals surface area contributed by atoms with Crippen LogP contribution in [0.15, 0.2) is 35.6 Å². The van der Waals surface area contributed by atoms with Crippen molar-refractivity contribution in [3.8, 4) is 5.69 Å². The summed E-state index contributed by atoms with van der Waals surface area (Å²) < 4.78 is 14.7. The van der Waals surface area contributed by atoms with Gasteiger partial charge in [-0.25, -0.2) is 9.37 Å². The molecule has 1 amide bonds. The molecule has 0 aliphatic heterocycles. The molecule has 2 aromatic rings. The summed E-state index contributed by atoms with van der Waals surface area (Å²) in [7, 11) is 3.37. The number of imidazole rings is 1. The van der Waals surface area contributed by atoms with Crippen molar-refractivity contribution in [1.82, 2.24) is 14.5 Å². The molecule has 0 N–H and O–H groups in total. The van der Waals surface area contributed by atoms with E-state index in [1.807, 2.05) is 6.26 Å². The van der Waals surface area contributed by atoms with E-state index in [-0.39, 0.29) is 11.7 Å². The maximum atomic E-state index is 13.0. The summed E-state index contributed by atoms with van der Waals surface area (Å²) in [5.74, 6) is -0.452. The molecular formula is C13H14FN3OS. The van der Waals surface area contributed by atoms with Crippen LogP contribution in [-0.2, 0) is 0 Å². The molecule has 1 aromatic carbocycles. The largest absolute Gasteiger partial charge is 0.343 e. The second kappa shape index (κ2) is 5.44. The van der Waals surface area contributed by atoms with Crippen molar-refractivity contribution < 1.29 is 9.18 Å². The van der Waals surface area contributed by atoms with Crippen LogP contribution in [0, 0.1) is 5.82 Å². The normalized spacial score (nSPS) is 10.5. The van der Waals surface area contributed by atoms with E-state index >= 15 is 0 Å². The molecule has 19 heavy (non-hydrogen) atoms. The number of nitrogens with zero attached hydrogens (tertiary/aromatic N) is 3. The van der Waals surface area contributed by atoms with E-state index in [9.17, 15) is 9.18 Å². The quantitative estimate of drug-likeness (QED) is 0.810. The Labute approximate surface area is 115 Å². The standard InChI is InChI=1S/C13H14FN3OS/c1-16(2)12(18)11-8-15-13(19-3)17(11)10-6-4-9(14)5-7-10/h4-8H,1-3H3. The van der Waals surface area contributed by atoms with Crippen molar-refractivity contribution in [3.05, 3.63) is 42.0 Å². The fourth-order valence-electron chi connectivity index (χ4n) is 1.70. The summed E-state index contributed by atoms with van der Waals surface area (Å²) in [6.07, 6.45) is 3.42. The highest BCUT2D eigenvalue weighted by Gasteiger charge is 2.18. The van der Waals surface area contributed by atoms with Gasteiger partial charge in [-0.15, -0.1) is 0 Å². The Morgan fingerprint density at radius 3 is 2.47 bits per heavy atom. The van der Waals surface area contributed by atoms with Gasteiger partial charge in [-0.3, -0.25) is 9.36 Å². The maximum Gasteiger partial charge on any atom is 0.272 e. The summed E-state index contributed by atoms with van der Waals surface area (Å²) in [5, 5.41) is 0.691. The maximum absolute atomic E-state index is 13.0. The average molecular weight is 279 g/mol. The summed E-state index contributed by atoms with van der Waals surface area (Å²) in [6, 6.07) is 5.99. The smallest absolute Gasteiger partial charge is 0.272 e. The van der Waals surface area contributed by atoms with Crippen LogP contribution < -0.4 is 0 Å². The van der Waals surface area contributed by atoms with Crippen molar-refractivity contribution in [3.63, 3.8) is 0 Å². The molecule has 0 saturated carbocycles. The Hall–Kier alpha value is -1.82. The van der Waals surface area contributed by atoms with Crippen molar-refractivity contribution in [2.24, 2.45) is 0 Å². The van der Waals surface area contributed by atoms with E-state index in [1.165, 1.54) is 35.0 Å². The molecule has 0 aliphatic carbocycles. The topological polar surface area (TPSA) is 38.1 Å². The third-order valence-corrected chi connectivity index (χ3v) is 3.28. The summed E-state index contributed by atoms with van der Waals surface area (Å²) in [5.41, 5.74) is 1.18. The summed E-state index contributed by atoms with van der Waals surface area (Å²) >= 11 is 1.43. The van der Waals surface area contributed by atoms with Crippen molar-refractivity contribution in [2.45, 2.75) is 5.16 Å². The first-order valence-electron chi connectivity index (χ1n) is 5.64. The summed E-state index contributed by atoms with van der Waals surface area (Å²) in [4.78, 5) is 17.8. The lowest BCUT2D eigenvalue weighted by Gasteiger charge is -2.14. The Morgan fingerprint density at radius 1 is 1.32 bits per heavy atom. The van der Waals surface area contributed by atoms with E-state index < -0.39 is 0 Å². The second-order valence-electron chi connectivity index (χ2n) is 4.14. The molecule has 0 fully saturated rings. The molecule has 0 atom stereocenters. The van der Waals surface area contributed by atoms with Gasteiger partial charge in [0.05, 0.1) is 6.20 Å². The highest BCUT2D eigenvalue weighted by Crippen LogP contribution is 2.22. The fourth-order valence-corrected chi connectivity index (χ4v) is 2.24. The van der Waals surface area contributed by atoms with Gasteiger partial charge in [-0.1, -0.05) is 11.8 Å². The summed E-state index contributed by atoms with van der Waals surface area (Å²) in [6.45, 7) is 0. The Bertz CT molecular complexity index is 592. The first-order chi connectivity index (χ1) is 9.04. The molecule has 4 nitrogen and oxygen atoms in total. The van der Waals surface area contributed by atoms with Crippen molar-refractivity contribution >= 4 is 17.7 Å². The molecule has 6 heteroatoms. The second-order valence-corrected chi connectivity index (χ2v) is 4.91. The third-order valence-electron chi connectivity index (χ3n) is 2.62. The number of benzene rings is 1. The first kappa shape index (κ1) is 13.6. The van der Waals surface area contributed by atoms with Crippen LogP contribution in [0.25, 0.3) is 5.69 Å². The van der Waals surface area contributed by atoms with Crippen LogP contribution in [-0.4, -0.2) is 40.7 Å². The Balaban J connectivity index is 2.56. The van der Waals surface area contributed by atoms with Gasteiger partial charge in [0.1, 0.15) is 11.5 Å². The van der Waals surface area contributed by atoms with Crippen LogP contribution in [0.4, 0.5) is 4.39 Å². The van der Waals surface area contributed by atoms with Crippen LogP contribution in [0.2, 0.25) is 0 Å². The Kier molecular flexibility index (Phi) is 3.90. The predicted molar refractivity (Wildman–Crippen MR) is 73.3 cm³/mol. The van der Waals surface area contributed by atoms with Gasteiger partial charge in [-0.05, 0) is 30.5 Å². The number of hydrogen-bond donors (Lipinski definition) is 0. The van der Waals surface area contributed by atoms with Gasteiger partial charge in [-0.2, -0.15) is 0 Å². The highest BCUT2D eigenvalue weighted by molar-refractivity contribution is 7.98. The van der Waals surface area contributed by atoms with Crippen LogP contribution >= 0.6 is 11.8 Å². The van der Waals surface area contributed by atoms with Gasteiger partial charge >= 0.3 is 0 Å². The SMILES string of the molecule is CSc1ncc(C(=O)N(C)C)n1-c1ccc(F)cc1. The minimum absolute atomic E-state index is 0.142. The molecule has 100 valence electrons. The predicted octanol–water partition coefficient (Wildman–Crippen LogP) is 2.44. The fraction of sp³-hybridized carbons (Fsp3) is 0.231. The van der Waals surface area contributed by atoms with E-state index in [1.54, 1.807) is 30.8 Å². The number of carbonyl (C=O) groups is 1. The minimum Gasteiger partial charge on any atom is -0.343 e. The molecule has 0 radical (unpaired) electrons. The van der Waals surface area contributed by atoms with Crippen molar-refractivity contribution in [2.75, 3.05) is 20.4 Å². The number of carbonyl (C=O) groups excluding carboxylic acids is 1. The monoisotopic (exact) mass is 279 g/mol. The van der Waals surface area contributed by atoms with E-state index in [4.69, 9.17) is 0 Å². The number of aromatic nitrogens is 2. The molecule has 2 rings (SSSR count). The lowest BCUT2D eigenvalue weighted by Crippen LogP contribution is -2.24. The number of thioether (sulfide) groups is 1. The zero-order valence-electron chi connectivity index (χ0n) is 10.9. The van der Waals surface area contributed by atoms with Gasteiger partial charge in [0.15, 0.2) is 5.16 Å². The van der Waals surface area contributed by atoms with Gasteiger partial charge in [0, 0.05) is 19.8 Å². The van der Waals surface area contributed by atoms with Crippen molar-refractivity contribution in [1.29, 1.82) is 0 Å². The van der Waals surface area contributed by atoms with E-state index in [0.29, 0.717) is 16.5 Å². The molecule has 1 heterocycles. The van der Waals surface area contributed by atoms with E-state index in [2.05, 4.69) is 4.98 Å². The van der Waals surface area contributed by atoms with Gasteiger partial charge < -0.3 is 4.90 Å². The molecule has 0 spiro atoms. The first-order valence-corrected chi connectivity index (χ1v) is 6.86. The third kappa shape index (κ3) is 2.63. The van der Waals surface area contributed by atoms with Crippen LogP contribution in [0.1, 0.15) is 10.5 Å². The molecular weight excluding hydrogens is 265 g/mol. The number of rotatable bonds is 3.